The molecule has 1 N–H and O–H groups in total. The van der Waals surface area contributed by atoms with Crippen molar-refractivity contribution < 1.29 is 18.0 Å². The number of unbranched alkanes of at least 4 members (excludes halogenated alkanes) is 1. The third-order valence-electron chi connectivity index (χ3n) is 6.74. The molecule has 1 amide bonds. The molecular formula is C28H31ClF3N7O. The molecule has 0 saturated heterocycles. The Bertz CT molecular complexity index is 1520. The highest BCUT2D eigenvalue weighted by Gasteiger charge is 2.34. The zero-order valence-electron chi connectivity index (χ0n) is 23.0. The molecule has 2 aromatic carbocycles. The van der Waals surface area contributed by atoms with Gasteiger partial charge in [-0.3, -0.25) is 9.48 Å². The summed E-state index contributed by atoms with van der Waals surface area (Å²) in [6, 6.07) is 7.38. The van der Waals surface area contributed by atoms with Crippen LogP contribution in [0.15, 0.2) is 42.7 Å². The molecule has 0 fully saturated rings. The second-order valence-corrected chi connectivity index (χ2v) is 10.4. The average Bonchev–Trinajstić information content (AvgIpc) is 3.49. The van der Waals surface area contributed by atoms with Gasteiger partial charge in [-0.15, -0.1) is 5.10 Å². The van der Waals surface area contributed by atoms with Gasteiger partial charge in [0.05, 0.1) is 28.7 Å². The van der Waals surface area contributed by atoms with E-state index < -0.39 is 17.6 Å². The first-order valence-corrected chi connectivity index (χ1v) is 13.1. The van der Waals surface area contributed by atoms with Crippen LogP contribution in [0.25, 0.3) is 16.9 Å². The number of benzene rings is 2. The zero-order chi connectivity index (χ0) is 29.2. The number of aromatic nitrogens is 5. The van der Waals surface area contributed by atoms with Crippen molar-refractivity contribution in [2.75, 3.05) is 26.0 Å². The van der Waals surface area contributed by atoms with Gasteiger partial charge in [0.15, 0.2) is 0 Å². The predicted octanol–water partition coefficient (Wildman–Crippen LogP) is 6.09. The van der Waals surface area contributed by atoms with Gasteiger partial charge in [0.2, 0.25) is 0 Å². The molecule has 0 radical (unpaired) electrons. The number of carbonyl (C=O) groups is 1. The van der Waals surface area contributed by atoms with E-state index in [0.717, 1.165) is 35.9 Å². The lowest BCUT2D eigenvalue weighted by atomic mass is 10.0. The van der Waals surface area contributed by atoms with Gasteiger partial charge in [0.1, 0.15) is 5.69 Å². The second-order valence-electron chi connectivity index (χ2n) is 10.0. The van der Waals surface area contributed by atoms with Crippen molar-refractivity contribution in [3.05, 3.63) is 75.7 Å². The first-order valence-electron chi connectivity index (χ1n) is 12.7. The molecule has 0 aliphatic carbocycles. The van der Waals surface area contributed by atoms with Gasteiger partial charge in [-0.05, 0) is 89.1 Å². The number of nitrogens with zero attached hydrogens (tertiary/aromatic N) is 6. The lowest BCUT2D eigenvalue weighted by Gasteiger charge is -2.17. The van der Waals surface area contributed by atoms with Crippen LogP contribution in [-0.2, 0) is 19.6 Å². The summed E-state index contributed by atoms with van der Waals surface area (Å²) in [5.74, 6) is -0.557. The minimum atomic E-state index is -4.66. The van der Waals surface area contributed by atoms with Gasteiger partial charge in [0, 0.05) is 29.6 Å². The fraction of sp³-hybridized carbons (Fsp3) is 0.357. The van der Waals surface area contributed by atoms with Crippen molar-refractivity contribution in [3.63, 3.8) is 0 Å². The molecule has 12 heteroatoms. The van der Waals surface area contributed by atoms with Crippen LogP contribution in [-0.4, -0.2) is 56.2 Å². The summed E-state index contributed by atoms with van der Waals surface area (Å²) >= 11 is 6.16. The topological polar surface area (TPSA) is 80.9 Å². The Hall–Kier alpha value is -3.70. The van der Waals surface area contributed by atoms with Crippen LogP contribution in [0.4, 0.5) is 18.9 Å². The molecule has 212 valence electrons. The summed E-state index contributed by atoms with van der Waals surface area (Å²) in [5.41, 5.74) is 3.49. The third-order valence-corrected chi connectivity index (χ3v) is 7.18. The van der Waals surface area contributed by atoms with Crippen molar-refractivity contribution in [3.8, 4) is 16.9 Å². The number of amides is 1. The minimum absolute atomic E-state index is 0.0292. The van der Waals surface area contributed by atoms with Crippen LogP contribution >= 0.6 is 11.6 Å². The maximum absolute atomic E-state index is 13.8. The van der Waals surface area contributed by atoms with Gasteiger partial charge in [-0.2, -0.15) is 18.3 Å². The lowest BCUT2D eigenvalue weighted by Crippen LogP contribution is -2.15. The quantitative estimate of drug-likeness (QED) is 0.245. The number of halogens is 4. The van der Waals surface area contributed by atoms with Crippen LogP contribution in [0.5, 0.6) is 0 Å². The van der Waals surface area contributed by atoms with Crippen molar-refractivity contribution in [2.45, 2.75) is 39.3 Å². The van der Waals surface area contributed by atoms with Gasteiger partial charge in [-0.25, -0.2) is 4.68 Å². The fourth-order valence-corrected chi connectivity index (χ4v) is 4.65. The normalized spacial score (nSPS) is 11.8. The highest BCUT2D eigenvalue weighted by molar-refractivity contribution is 6.32. The van der Waals surface area contributed by atoms with E-state index in [1.165, 1.54) is 6.07 Å². The van der Waals surface area contributed by atoms with E-state index in [9.17, 15) is 18.0 Å². The summed E-state index contributed by atoms with van der Waals surface area (Å²) in [6.07, 6.45) is 0.609. The fourth-order valence-electron chi connectivity index (χ4n) is 4.34. The number of carbonyl (C=O) groups excluding carboxylic acids is 1. The number of hydrogen-bond donors (Lipinski definition) is 1. The van der Waals surface area contributed by atoms with E-state index in [0.29, 0.717) is 29.8 Å². The molecule has 0 atom stereocenters. The lowest BCUT2D eigenvalue weighted by molar-refractivity contribution is -0.137. The summed E-state index contributed by atoms with van der Waals surface area (Å²) in [4.78, 5) is 15.2. The Morgan fingerprint density at radius 1 is 1.12 bits per heavy atom. The summed E-state index contributed by atoms with van der Waals surface area (Å²) in [6.45, 7) is 4.60. The Labute approximate surface area is 235 Å². The van der Waals surface area contributed by atoms with Gasteiger partial charge in [-0.1, -0.05) is 22.9 Å². The van der Waals surface area contributed by atoms with E-state index >= 15 is 0 Å². The van der Waals surface area contributed by atoms with Crippen molar-refractivity contribution >= 4 is 23.2 Å². The molecule has 2 aromatic heterocycles. The van der Waals surface area contributed by atoms with Gasteiger partial charge >= 0.3 is 6.18 Å². The number of nitrogens with one attached hydrogen (secondary N) is 1. The molecule has 0 saturated carbocycles. The average molecular weight is 574 g/mol. The Kier molecular flexibility index (Phi) is 8.65. The van der Waals surface area contributed by atoms with Crippen LogP contribution in [0.2, 0.25) is 5.02 Å². The van der Waals surface area contributed by atoms with Crippen LogP contribution in [0.1, 0.15) is 45.6 Å². The summed E-state index contributed by atoms with van der Waals surface area (Å²) < 4.78 is 44.6. The maximum atomic E-state index is 13.8. The molecular weight excluding hydrogens is 543 g/mol. The minimum Gasteiger partial charge on any atom is -0.322 e. The van der Waals surface area contributed by atoms with Crippen LogP contribution in [0.3, 0.4) is 0 Å². The molecule has 0 aliphatic heterocycles. The first-order chi connectivity index (χ1) is 18.8. The number of alkyl halides is 3. The van der Waals surface area contributed by atoms with E-state index in [2.05, 4.69) is 20.7 Å². The molecule has 4 aromatic rings. The van der Waals surface area contributed by atoms with E-state index in [1.807, 2.05) is 39.9 Å². The third kappa shape index (κ3) is 6.53. The van der Waals surface area contributed by atoms with E-state index in [1.54, 1.807) is 40.0 Å². The number of rotatable bonds is 9. The predicted molar refractivity (Wildman–Crippen MR) is 149 cm³/mol. The molecule has 0 bridgehead atoms. The molecule has 4 rings (SSSR count). The summed E-state index contributed by atoms with van der Waals surface area (Å²) in [7, 11) is 5.71. The monoisotopic (exact) mass is 573 g/mol. The van der Waals surface area contributed by atoms with E-state index in [4.69, 9.17) is 11.6 Å². The smallest absolute Gasteiger partial charge is 0.322 e. The largest absolute Gasteiger partial charge is 0.417 e. The highest BCUT2D eigenvalue weighted by Crippen LogP contribution is 2.39. The molecule has 0 spiro atoms. The van der Waals surface area contributed by atoms with E-state index in [-0.39, 0.29) is 16.3 Å². The molecule has 0 aliphatic rings. The summed E-state index contributed by atoms with van der Waals surface area (Å²) in [5, 5.41) is 15.0. The Morgan fingerprint density at radius 3 is 2.52 bits per heavy atom. The Morgan fingerprint density at radius 2 is 1.88 bits per heavy atom. The number of hydrogen-bond acceptors (Lipinski definition) is 5. The highest BCUT2D eigenvalue weighted by atomic mass is 35.5. The Balaban J connectivity index is 1.59. The van der Waals surface area contributed by atoms with Crippen molar-refractivity contribution in [2.24, 2.45) is 7.05 Å². The number of anilines is 1. The van der Waals surface area contributed by atoms with Gasteiger partial charge in [0.25, 0.3) is 5.91 Å². The molecule has 2 heterocycles. The number of aryl methyl sites for hydroxylation is 3. The zero-order valence-corrected chi connectivity index (χ0v) is 23.7. The maximum Gasteiger partial charge on any atom is 0.417 e. The second kappa shape index (κ2) is 11.8. The standard InChI is InChI=1S/C28H31ClF3N7O/c1-17-9-10-20(13-25(17)39-16-24(35-36-39)22-15-33-38(5)18(22)2)27(40)34-21-12-19(8-6-7-11-37(3)4)26(29)23(14-21)28(30,31)32/h9-10,12-16H,6-8,11H2,1-5H3,(H,34,40). The first kappa shape index (κ1) is 29.3. The van der Waals surface area contributed by atoms with Crippen molar-refractivity contribution in [1.82, 2.24) is 29.7 Å². The molecule has 40 heavy (non-hydrogen) atoms. The molecule has 8 nitrogen and oxygen atoms in total. The van der Waals surface area contributed by atoms with Crippen LogP contribution in [0, 0.1) is 13.8 Å². The van der Waals surface area contributed by atoms with Crippen molar-refractivity contribution in [1.29, 1.82) is 0 Å². The molecule has 0 unspecified atom stereocenters. The van der Waals surface area contributed by atoms with Gasteiger partial charge < -0.3 is 10.2 Å². The SMILES string of the molecule is Cc1ccc(C(=O)Nc2cc(CCCCN(C)C)c(Cl)c(C(F)(F)F)c2)cc1-n1cc(-c2cnn(C)c2C)nn1. The van der Waals surface area contributed by atoms with Crippen LogP contribution < -0.4 is 5.32 Å².